The summed E-state index contributed by atoms with van der Waals surface area (Å²) >= 11 is 0. The average molecular weight is 346 g/mol. The summed E-state index contributed by atoms with van der Waals surface area (Å²) in [6, 6.07) is 9.71. The lowest BCUT2D eigenvalue weighted by Gasteiger charge is -2.19. The van der Waals surface area contributed by atoms with Crippen molar-refractivity contribution < 1.29 is 23.7 Å². The molecule has 0 fully saturated rings. The standard InChI is InChI=1S/C20H23FO4/c1-13(2)16-11-15(14(3)22)12-19(23-4)20(16)25-10-9-24-18-8-6-5-7-17(18)21/h5-8,11-13,22H,3,9-10H2,1-2,4H3. The summed E-state index contributed by atoms with van der Waals surface area (Å²) < 4.78 is 30.1. The first-order valence-electron chi connectivity index (χ1n) is 8.04. The van der Waals surface area contributed by atoms with Crippen LogP contribution in [0.1, 0.15) is 30.9 Å². The van der Waals surface area contributed by atoms with Crippen molar-refractivity contribution in [2.75, 3.05) is 20.3 Å². The molecule has 0 saturated heterocycles. The van der Waals surface area contributed by atoms with Crippen molar-refractivity contribution in [1.82, 2.24) is 0 Å². The number of aliphatic hydroxyl groups excluding tert-OH is 1. The molecule has 0 saturated carbocycles. The van der Waals surface area contributed by atoms with E-state index < -0.39 is 5.82 Å². The number of para-hydroxylation sites is 1. The van der Waals surface area contributed by atoms with Crippen molar-refractivity contribution in [3.8, 4) is 17.2 Å². The van der Waals surface area contributed by atoms with Crippen LogP contribution in [0.2, 0.25) is 0 Å². The fourth-order valence-corrected chi connectivity index (χ4v) is 2.38. The number of hydrogen-bond donors (Lipinski definition) is 1. The molecule has 0 bridgehead atoms. The van der Waals surface area contributed by atoms with Gasteiger partial charge in [-0.1, -0.05) is 32.6 Å². The van der Waals surface area contributed by atoms with E-state index in [4.69, 9.17) is 14.2 Å². The minimum absolute atomic E-state index is 0.0327. The van der Waals surface area contributed by atoms with Gasteiger partial charge in [-0.2, -0.15) is 0 Å². The van der Waals surface area contributed by atoms with Gasteiger partial charge in [-0.3, -0.25) is 0 Å². The second-order valence-corrected chi connectivity index (χ2v) is 5.83. The molecule has 0 spiro atoms. The topological polar surface area (TPSA) is 47.9 Å². The van der Waals surface area contributed by atoms with E-state index in [1.165, 1.54) is 13.2 Å². The van der Waals surface area contributed by atoms with Crippen LogP contribution in [0, 0.1) is 5.82 Å². The van der Waals surface area contributed by atoms with Crippen LogP contribution < -0.4 is 14.2 Å². The number of benzene rings is 2. The highest BCUT2D eigenvalue weighted by Gasteiger charge is 2.17. The van der Waals surface area contributed by atoms with Gasteiger partial charge < -0.3 is 19.3 Å². The second-order valence-electron chi connectivity index (χ2n) is 5.83. The molecule has 0 amide bonds. The zero-order valence-electron chi connectivity index (χ0n) is 14.7. The fraction of sp³-hybridized carbons (Fsp3) is 0.300. The summed E-state index contributed by atoms with van der Waals surface area (Å²) in [5.41, 5.74) is 1.46. The summed E-state index contributed by atoms with van der Waals surface area (Å²) in [6.07, 6.45) is 0. The van der Waals surface area contributed by atoms with Gasteiger partial charge in [0.05, 0.1) is 7.11 Å². The third-order valence-electron chi connectivity index (χ3n) is 3.68. The Morgan fingerprint density at radius 3 is 2.40 bits per heavy atom. The van der Waals surface area contributed by atoms with E-state index >= 15 is 0 Å². The summed E-state index contributed by atoms with van der Waals surface area (Å²) in [4.78, 5) is 0. The number of rotatable bonds is 8. The molecule has 2 aromatic carbocycles. The molecule has 4 nitrogen and oxygen atoms in total. The van der Waals surface area contributed by atoms with E-state index in [1.807, 2.05) is 19.9 Å². The molecule has 0 atom stereocenters. The largest absolute Gasteiger partial charge is 0.508 e. The molecule has 0 aliphatic rings. The Morgan fingerprint density at radius 1 is 1.12 bits per heavy atom. The lowest BCUT2D eigenvalue weighted by atomic mass is 9.98. The van der Waals surface area contributed by atoms with Crippen molar-refractivity contribution in [2.45, 2.75) is 19.8 Å². The van der Waals surface area contributed by atoms with E-state index in [0.29, 0.717) is 17.1 Å². The monoisotopic (exact) mass is 346 g/mol. The van der Waals surface area contributed by atoms with E-state index in [1.54, 1.807) is 24.3 Å². The minimum Gasteiger partial charge on any atom is -0.508 e. The molecule has 1 N–H and O–H groups in total. The van der Waals surface area contributed by atoms with Crippen molar-refractivity contribution in [1.29, 1.82) is 0 Å². The van der Waals surface area contributed by atoms with E-state index in [9.17, 15) is 9.50 Å². The number of halogens is 1. The maximum absolute atomic E-state index is 13.5. The van der Waals surface area contributed by atoms with Gasteiger partial charge >= 0.3 is 0 Å². The third kappa shape index (κ3) is 4.66. The smallest absolute Gasteiger partial charge is 0.165 e. The number of hydrogen-bond acceptors (Lipinski definition) is 4. The Morgan fingerprint density at radius 2 is 1.80 bits per heavy atom. The Labute approximate surface area is 147 Å². The van der Waals surface area contributed by atoms with E-state index in [0.717, 1.165) is 5.56 Å². The number of methoxy groups -OCH3 is 1. The van der Waals surface area contributed by atoms with Crippen molar-refractivity contribution in [3.63, 3.8) is 0 Å². The fourth-order valence-electron chi connectivity index (χ4n) is 2.38. The van der Waals surface area contributed by atoms with Gasteiger partial charge in [0.1, 0.15) is 19.0 Å². The van der Waals surface area contributed by atoms with Crippen LogP contribution in [0.4, 0.5) is 4.39 Å². The molecule has 134 valence electrons. The maximum atomic E-state index is 13.5. The van der Waals surface area contributed by atoms with Crippen LogP contribution in [0.5, 0.6) is 17.2 Å². The second kappa shape index (κ2) is 8.42. The number of ether oxygens (including phenoxy) is 3. The number of aliphatic hydroxyl groups is 1. The van der Waals surface area contributed by atoms with Crippen LogP contribution in [0.3, 0.4) is 0 Å². The molecule has 5 heteroatoms. The zero-order chi connectivity index (χ0) is 18.4. The highest BCUT2D eigenvalue weighted by molar-refractivity contribution is 5.63. The minimum atomic E-state index is -0.409. The Bertz CT molecular complexity index is 740. The highest BCUT2D eigenvalue weighted by Crippen LogP contribution is 2.38. The van der Waals surface area contributed by atoms with Crippen LogP contribution in [-0.2, 0) is 0 Å². The third-order valence-corrected chi connectivity index (χ3v) is 3.68. The van der Waals surface area contributed by atoms with Gasteiger partial charge in [0.2, 0.25) is 0 Å². The molecule has 2 rings (SSSR count). The lowest BCUT2D eigenvalue weighted by molar-refractivity contribution is 0.204. The first kappa shape index (κ1) is 18.6. The summed E-state index contributed by atoms with van der Waals surface area (Å²) in [6.45, 7) is 8.00. The molecular weight excluding hydrogens is 323 g/mol. The van der Waals surface area contributed by atoms with Gasteiger partial charge in [-0.05, 0) is 30.2 Å². The predicted molar refractivity (Wildman–Crippen MR) is 96.1 cm³/mol. The zero-order valence-corrected chi connectivity index (χ0v) is 14.7. The van der Waals surface area contributed by atoms with E-state index in [2.05, 4.69) is 6.58 Å². The first-order valence-corrected chi connectivity index (χ1v) is 8.04. The van der Waals surface area contributed by atoms with Crippen LogP contribution in [-0.4, -0.2) is 25.4 Å². The van der Waals surface area contributed by atoms with Crippen molar-refractivity contribution >= 4 is 5.76 Å². The van der Waals surface area contributed by atoms with Crippen LogP contribution >= 0.6 is 0 Å². The summed E-state index contributed by atoms with van der Waals surface area (Å²) in [5.74, 6) is 0.982. The Balaban J connectivity index is 2.12. The summed E-state index contributed by atoms with van der Waals surface area (Å²) in [7, 11) is 1.53. The van der Waals surface area contributed by atoms with Gasteiger partial charge in [0.15, 0.2) is 23.1 Å². The van der Waals surface area contributed by atoms with Gasteiger partial charge in [0, 0.05) is 11.1 Å². The van der Waals surface area contributed by atoms with Gasteiger partial charge in [-0.15, -0.1) is 0 Å². The maximum Gasteiger partial charge on any atom is 0.165 e. The molecule has 0 aromatic heterocycles. The van der Waals surface area contributed by atoms with Crippen molar-refractivity contribution in [3.05, 3.63) is 59.9 Å². The molecule has 0 heterocycles. The lowest BCUT2D eigenvalue weighted by Crippen LogP contribution is -2.12. The highest BCUT2D eigenvalue weighted by atomic mass is 19.1. The van der Waals surface area contributed by atoms with Crippen LogP contribution in [0.25, 0.3) is 5.76 Å². The first-order chi connectivity index (χ1) is 11.9. The van der Waals surface area contributed by atoms with Crippen LogP contribution in [0.15, 0.2) is 43.0 Å². The van der Waals surface area contributed by atoms with Gasteiger partial charge in [0.25, 0.3) is 0 Å². The molecule has 0 aliphatic heterocycles. The van der Waals surface area contributed by atoms with E-state index in [-0.39, 0.29) is 30.6 Å². The molecule has 0 unspecified atom stereocenters. The Kier molecular flexibility index (Phi) is 6.28. The van der Waals surface area contributed by atoms with Crippen molar-refractivity contribution in [2.24, 2.45) is 0 Å². The predicted octanol–water partition coefficient (Wildman–Crippen LogP) is 4.94. The summed E-state index contributed by atoms with van der Waals surface area (Å²) in [5, 5.41) is 9.66. The molecule has 0 aliphatic carbocycles. The molecule has 25 heavy (non-hydrogen) atoms. The normalized spacial score (nSPS) is 10.6. The Hall–Kier alpha value is -2.69. The quantitative estimate of drug-likeness (QED) is 0.543. The molecule has 0 radical (unpaired) electrons. The van der Waals surface area contributed by atoms with Gasteiger partial charge in [-0.25, -0.2) is 4.39 Å². The SMILES string of the molecule is C=C(O)c1cc(OC)c(OCCOc2ccccc2F)c(C(C)C)c1. The molecule has 2 aromatic rings. The molecular formula is C20H23FO4. The average Bonchev–Trinajstić information content (AvgIpc) is 2.59.